The first-order valence-electron chi connectivity index (χ1n) is 4.51. The van der Waals surface area contributed by atoms with Gasteiger partial charge in [0, 0.05) is 27.5 Å². The first-order valence-corrected chi connectivity index (χ1v) is 6.11. The lowest BCUT2D eigenvalue weighted by Gasteiger charge is -2.16. The number of benzene rings is 1. The van der Waals surface area contributed by atoms with E-state index >= 15 is 0 Å². The Balaban J connectivity index is 2.30. The Labute approximate surface area is 106 Å². The molecule has 1 aliphatic heterocycles. The summed E-state index contributed by atoms with van der Waals surface area (Å²) >= 11 is 6.17. The maximum absolute atomic E-state index is 13.3. The molecular formula is C10H9FINOS. The van der Waals surface area contributed by atoms with Crippen LogP contribution in [0.5, 0.6) is 0 Å². The van der Waals surface area contributed by atoms with E-state index in [1.165, 1.54) is 6.07 Å². The molecule has 0 aliphatic carbocycles. The van der Waals surface area contributed by atoms with Gasteiger partial charge in [0.2, 0.25) is 5.91 Å². The largest absolute Gasteiger partial charge is 0.311 e. The van der Waals surface area contributed by atoms with Crippen LogP contribution in [0.25, 0.3) is 0 Å². The van der Waals surface area contributed by atoms with Crippen LogP contribution in [-0.2, 0) is 4.79 Å². The van der Waals surface area contributed by atoms with E-state index in [0.717, 1.165) is 0 Å². The smallest absolute Gasteiger partial charge is 0.228 e. The Hall–Kier alpha value is -0.300. The average Bonchev–Trinajstić information content (AvgIpc) is 2.50. The lowest BCUT2D eigenvalue weighted by molar-refractivity contribution is -0.117. The minimum Gasteiger partial charge on any atom is -0.311 e. The van der Waals surface area contributed by atoms with Gasteiger partial charge in [-0.15, -0.1) is 0 Å². The lowest BCUT2D eigenvalue weighted by atomic mass is 10.3. The summed E-state index contributed by atoms with van der Waals surface area (Å²) in [6.07, 6.45) is 0.427. The molecule has 80 valence electrons. The van der Waals surface area contributed by atoms with Crippen molar-refractivity contribution in [3.63, 3.8) is 0 Å². The van der Waals surface area contributed by atoms with Crippen LogP contribution in [0.15, 0.2) is 18.2 Å². The fourth-order valence-corrected chi connectivity index (χ4v) is 2.25. The van der Waals surface area contributed by atoms with Gasteiger partial charge < -0.3 is 4.90 Å². The van der Waals surface area contributed by atoms with Crippen LogP contribution in [0.4, 0.5) is 10.1 Å². The fourth-order valence-electron chi connectivity index (χ4n) is 1.59. The van der Waals surface area contributed by atoms with Crippen LogP contribution in [0.1, 0.15) is 6.42 Å². The van der Waals surface area contributed by atoms with Crippen molar-refractivity contribution in [1.29, 1.82) is 0 Å². The summed E-state index contributed by atoms with van der Waals surface area (Å²) in [4.78, 5) is 13.1. The molecule has 1 aromatic carbocycles. The standard InChI is InChI=1S/C10H9FINOS/c11-8-3-6(1-2-9(8)12)13-5-7(15)4-10(13)14/h1-3,7,15H,4-5H2. The van der Waals surface area contributed by atoms with Gasteiger partial charge in [-0.1, -0.05) is 0 Å². The summed E-state index contributed by atoms with van der Waals surface area (Å²) in [6, 6.07) is 4.82. The van der Waals surface area contributed by atoms with Gasteiger partial charge >= 0.3 is 0 Å². The highest BCUT2D eigenvalue weighted by Gasteiger charge is 2.28. The molecule has 0 radical (unpaired) electrons. The SMILES string of the molecule is O=C1CC(S)CN1c1ccc(I)c(F)c1. The second-order valence-electron chi connectivity index (χ2n) is 3.46. The minimum atomic E-state index is -0.288. The quantitative estimate of drug-likeness (QED) is 0.617. The van der Waals surface area contributed by atoms with E-state index < -0.39 is 0 Å². The number of halogens is 2. The second kappa shape index (κ2) is 4.29. The summed E-state index contributed by atoms with van der Waals surface area (Å²) in [5.41, 5.74) is 0.620. The number of thiol groups is 1. The number of hydrogen-bond donors (Lipinski definition) is 1. The summed E-state index contributed by atoms with van der Waals surface area (Å²) in [6.45, 7) is 0.558. The second-order valence-corrected chi connectivity index (χ2v) is 5.35. The molecule has 1 atom stereocenters. The number of hydrogen-bond acceptors (Lipinski definition) is 2. The van der Waals surface area contributed by atoms with Gasteiger partial charge in [-0.3, -0.25) is 4.79 Å². The number of anilines is 1. The van der Waals surface area contributed by atoms with Crippen LogP contribution < -0.4 is 4.90 Å². The number of rotatable bonds is 1. The topological polar surface area (TPSA) is 20.3 Å². The zero-order valence-electron chi connectivity index (χ0n) is 7.78. The van der Waals surface area contributed by atoms with Gasteiger partial charge in [-0.25, -0.2) is 4.39 Å². The first-order chi connectivity index (χ1) is 7.08. The number of carbonyl (C=O) groups excluding carboxylic acids is 1. The molecule has 0 spiro atoms. The van der Waals surface area contributed by atoms with E-state index in [2.05, 4.69) is 12.6 Å². The predicted octanol–water partition coefficient (Wildman–Crippen LogP) is 2.47. The Morgan fingerprint density at radius 2 is 2.27 bits per heavy atom. The maximum atomic E-state index is 13.3. The van der Waals surface area contributed by atoms with E-state index in [-0.39, 0.29) is 17.0 Å². The Kier molecular flexibility index (Phi) is 3.20. The monoisotopic (exact) mass is 337 g/mol. The Bertz CT molecular complexity index is 412. The summed E-state index contributed by atoms with van der Waals surface area (Å²) in [5, 5.41) is 0.0554. The molecule has 1 unspecified atom stereocenters. The summed E-state index contributed by atoms with van der Waals surface area (Å²) < 4.78 is 13.9. The third kappa shape index (κ3) is 2.28. The third-order valence-corrected chi connectivity index (χ3v) is 3.54. The molecule has 1 heterocycles. The van der Waals surface area contributed by atoms with Crippen LogP contribution in [0, 0.1) is 9.39 Å². The highest BCUT2D eigenvalue weighted by Crippen LogP contribution is 2.26. The van der Waals surface area contributed by atoms with E-state index in [9.17, 15) is 9.18 Å². The molecule has 0 aromatic heterocycles. The van der Waals surface area contributed by atoms with Crippen molar-refractivity contribution in [2.75, 3.05) is 11.4 Å². The molecule has 1 aliphatic rings. The van der Waals surface area contributed by atoms with Crippen molar-refractivity contribution < 1.29 is 9.18 Å². The van der Waals surface area contributed by atoms with Gasteiger partial charge in [0.25, 0.3) is 0 Å². The van der Waals surface area contributed by atoms with Crippen molar-refractivity contribution in [2.24, 2.45) is 0 Å². The van der Waals surface area contributed by atoms with Gasteiger partial charge in [0.05, 0.1) is 0 Å². The Morgan fingerprint density at radius 3 is 2.80 bits per heavy atom. The van der Waals surface area contributed by atoms with E-state index in [4.69, 9.17) is 0 Å². The molecule has 1 saturated heterocycles. The van der Waals surface area contributed by atoms with Crippen LogP contribution in [-0.4, -0.2) is 17.7 Å². The molecule has 15 heavy (non-hydrogen) atoms. The van der Waals surface area contributed by atoms with Gasteiger partial charge in [-0.2, -0.15) is 12.6 Å². The average molecular weight is 337 g/mol. The van der Waals surface area contributed by atoms with E-state index in [1.807, 2.05) is 22.6 Å². The fraction of sp³-hybridized carbons (Fsp3) is 0.300. The van der Waals surface area contributed by atoms with Crippen molar-refractivity contribution in [3.8, 4) is 0 Å². The molecule has 1 aromatic rings. The molecule has 5 heteroatoms. The molecule has 1 amide bonds. The van der Waals surface area contributed by atoms with Gasteiger partial charge in [0.15, 0.2) is 0 Å². The number of amides is 1. The molecule has 2 rings (SSSR count). The van der Waals surface area contributed by atoms with Crippen molar-refractivity contribution >= 4 is 46.8 Å². The highest BCUT2D eigenvalue weighted by molar-refractivity contribution is 14.1. The van der Waals surface area contributed by atoms with Crippen LogP contribution in [0.2, 0.25) is 0 Å². The highest BCUT2D eigenvalue weighted by atomic mass is 127. The van der Waals surface area contributed by atoms with Crippen LogP contribution >= 0.6 is 35.2 Å². The zero-order chi connectivity index (χ0) is 11.0. The molecule has 0 bridgehead atoms. The normalized spacial score (nSPS) is 21.1. The minimum absolute atomic E-state index is 0.00982. The molecule has 0 N–H and O–H groups in total. The first kappa shape index (κ1) is 11.2. The third-order valence-electron chi connectivity index (χ3n) is 2.32. The maximum Gasteiger partial charge on any atom is 0.228 e. The summed E-state index contributed by atoms with van der Waals surface area (Å²) in [5.74, 6) is -0.279. The van der Waals surface area contributed by atoms with Crippen molar-refractivity contribution in [2.45, 2.75) is 11.7 Å². The van der Waals surface area contributed by atoms with Crippen molar-refractivity contribution in [3.05, 3.63) is 27.6 Å². The predicted molar refractivity (Wildman–Crippen MR) is 68.9 cm³/mol. The Morgan fingerprint density at radius 1 is 1.53 bits per heavy atom. The van der Waals surface area contributed by atoms with E-state index in [1.54, 1.807) is 17.0 Å². The molecule has 2 nitrogen and oxygen atoms in total. The molecule has 1 fully saturated rings. The van der Waals surface area contributed by atoms with Crippen molar-refractivity contribution in [1.82, 2.24) is 0 Å². The number of carbonyl (C=O) groups is 1. The lowest BCUT2D eigenvalue weighted by Crippen LogP contribution is -2.24. The zero-order valence-corrected chi connectivity index (χ0v) is 10.8. The molecular weight excluding hydrogens is 328 g/mol. The van der Waals surface area contributed by atoms with E-state index in [0.29, 0.717) is 22.2 Å². The number of nitrogens with zero attached hydrogens (tertiary/aromatic N) is 1. The summed E-state index contributed by atoms with van der Waals surface area (Å²) in [7, 11) is 0. The molecule has 0 saturated carbocycles. The van der Waals surface area contributed by atoms with Gasteiger partial charge in [0.1, 0.15) is 5.82 Å². The van der Waals surface area contributed by atoms with Gasteiger partial charge in [-0.05, 0) is 40.8 Å². The van der Waals surface area contributed by atoms with Crippen LogP contribution in [0.3, 0.4) is 0 Å².